The minimum atomic E-state index is 0.0486. The van der Waals surface area contributed by atoms with E-state index in [0.717, 1.165) is 19.4 Å². The normalized spacial score (nSPS) is 28.6. The Morgan fingerprint density at radius 3 is 2.92 bits per heavy atom. The molecule has 13 heavy (non-hydrogen) atoms. The van der Waals surface area contributed by atoms with Crippen molar-refractivity contribution in [3.05, 3.63) is 12.7 Å². The molecule has 0 spiro atoms. The molecule has 1 unspecified atom stereocenters. The molecule has 0 aromatic carbocycles. The molecule has 1 aliphatic rings. The number of likely N-dealkylation sites (tertiary alicyclic amines) is 1. The number of likely N-dealkylation sites (N-methyl/N-ethyl adjacent to an activating group) is 1. The lowest BCUT2D eigenvalue weighted by atomic mass is 9.97. The van der Waals surface area contributed by atoms with Gasteiger partial charge in [0.2, 0.25) is 5.91 Å². The van der Waals surface area contributed by atoms with Gasteiger partial charge in [-0.3, -0.25) is 4.79 Å². The molecule has 3 heteroatoms. The molecule has 0 aliphatic carbocycles. The smallest absolute Gasteiger partial charge is 0.246 e. The van der Waals surface area contributed by atoms with E-state index in [-0.39, 0.29) is 11.9 Å². The maximum absolute atomic E-state index is 11.4. The van der Waals surface area contributed by atoms with Crippen LogP contribution in [0.4, 0.5) is 0 Å². The predicted molar refractivity (Wildman–Crippen MR) is 53.5 cm³/mol. The van der Waals surface area contributed by atoms with E-state index in [1.54, 1.807) is 0 Å². The Balaban J connectivity index is 2.64. The monoisotopic (exact) mass is 182 g/mol. The number of carbonyl (C=O) groups excluding carboxylic acids is 1. The summed E-state index contributed by atoms with van der Waals surface area (Å²) in [5.74, 6) is 0.0486. The van der Waals surface area contributed by atoms with Crippen molar-refractivity contribution >= 4 is 5.91 Å². The van der Waals surface area contributed by atoms with Crippen LogP contribution in [-0.4, -0.2) is 36.5 Å². The van der Waals surface area contributed by atoms with Crippen LogP contribution in [0.3, 0.4) is 0 Å². The summed E-state index contributed by atoms with van der Waals surface area (Å²) in [6.45, 7) is 6.46. The zero-order valence-electron chi connectivity index (χ0n) is 8.42. The lowest BCUT2D eigenvalue weighted by molar-refractivity contribution is -0.129. The van der Waals surface area contributed by atoms with Crippen LogP contribution >= 0.6 is 0 Å². The van der Waals surface area contributed by atoms with Crippen LogP contribution in [0.2, 0.25) is 0 Å². The van der Waals surface area contributed by atoms with Crippen molar-refractivity contribution in [2.45, 2.75) is 31.8 Å². The van der Waals surface area contributed by atoms with Crippen LogP contribution in [-0.2, 0) is 4.79 Å². The molecule has 0 saturated carbocycles. The average Bonchev–Trinajstić information content (AvgIpc) is 2.17. The molecule has 0 bridgehead atoms. The molecule has 1 N–H and O–H groups in total. The Hall–Kier alpha value is -0.830. The Morgan fingerprint density at radius 1 is 1.69 bits per heavy atom. The highest BCUT2D eigenvalue weighted by molar-refractivity contribution is 5.87. The van der Waals surface area contributed by atoms with Gasteiger partial charge < -0.3 is 10.2 Å². The fourth-order valence-corrected chi connectivity index (χ4v) is 1.96. The number of amides is 1. The van der Waals surface area contributed by atoms with Gasteiger partial charge in [-0.15, -0.1) is 0 Å². The van der Waals surface area contributed by atoms with Gasteiger partial charge in [0.05, 0.1) is 0 Å². The van der Waals surface area contributed by atoms with Crippen LogP contribution in [0.1, 0.15) is 19.8 Å². The minimum Gasteiger partial charge on any atom is -0.335 e. The van der Waals surface area contributed by atoms with Crippen molar-refractivity contribution in [1.82, 2.24) is 10.2 Å². The second-order valence-electron chi connectivity index (χ2n) is 3.51. The highest BCUT2D eigenvalue weighted by Gasteiger charge is 2.28. The van der Waals surface area contributed by atoms with Gasteiger partial charge >= 0.3 is 0 Å². The first-order chi connectivity index (χ1) is 6.20. The fraction of sp³-hybridized carbons (Fsp3) is 0.700. The lowest BCUT2D eigenvalue weighted by Crippen LogP contribution is -2.53. The molecule has 1 aliphatic heterocycles. The zero-order valence-corrected chi connectivity index (χ0v) is 8.42. The van der Waals surface area contributed by atoms with Gasteiger partial charge in [-0.25, -0.2) is 0 Å². The topological polar surface area (TPSA) is 32.3 Å². The molecule has 0 aromatic heterocycles. The van der Waals surface area contributed by atoms with E-state index in [1.807, 2.05) is 11.9 Å². The molecule has 1 fully saturated rings. The van der Waals surface area contributed by atoms with Crippen molar-refractivity contribution in [1.29, 1.82) is 0 Å². The SMILES string of the molecule is C=CC(=O)N1CCC[C@H](NC)C1C. The summed E-state index contributed by atoms with van der Waals surface area (Å²) in [5.41, 5.74) is 0. The average molecular weight is 182 g/mol. The minimum absolute atomic E-state index is 0.0486. The number of hydrogen-bond donors (Lipinski definition) is 1. The highest BCUT2D eigenvalue weighted by atomic mass is 16.2. The second kappa shape index (κ2) is 4.42. The molecule has 1 saturated heterocycles. The number of nitrogens with zero attached hydrogens (tertiary/aromatic N) is 1. The molecule has 0 radical (unpaired) electrons. The maximum atomic E-state index is 11.4. The van der Waals surface area contributed by atoms with Crippen molar-refractivity contribution in [3.63, 3.8) is 0 Å². The quantitative estimate of drug-likeness (QED) is 0.640. The molecule has 1 amide bonds. The lowest BCUT2D eigenvalue weighted by Gasteiger charge is -2.38. The number of hydrogen-bond acceptors (Lipinski definition) is 2. The standard InChI is InChI=1S/C10H18N2O/c1-4-10(13)12-7-5-6-9(11-3)8(12)2/h4,8-9,11H,1,5-7H2,2-3H3/t8?,9-/m0/s1. The van der Waals surface area contributed by atoms with Crippen LogP contribution in [0.25, 0.3) is 0 Å². The molecule has 74 valence electrons. The summed E-state index contributed by atoms with van der Waals surface area (Å²) in [6, 6.07) is 0.710. The van der Waals surface area contributed by atoms with Crippen LogP contribution in [0.5, 0.6) is 0 Å². The summed E-state index contributed by atoms with van der Waals surface area (Å²) in [7, 11) is 1.95. The summed E-state index contributed by atoms with van der Waals surface area (Å²) in [4.78, 5) is 13.3. The Labute approximate surface area is 79.8 Å². The number of rotatable bonds is 2. The van der Waals surface area contributed by atoms with Gasteiger partial charge in [-0.05, 0) is 32.9 Å². The first-order valence-corrected chi connectivity index (χ1v) is 4.81. The molecule has 2 atom stereocenters. The third-order valence-electron chi connectivity index (χ3n) is 2.82. The molecular weight excluding hydrogens is 164 g/mol. The van der Waals surface area contributed by atoms with Crippen molar-refractivity contribution in [3.8, 4) is 0 Å². The van der Waals surface area contributed by atoms with E-state index in [1.165, 1.54) is 6.08 Å². The third-order valence-corrected chi connectivity index (χ3v) is 2.82. The van der Waals surface area contributed by atoms with Crippen molar-refractivity contribution in [2.24, 2.45) is 0 Å². The summed E-state index contributed by atoms with van der Waals surface area (Å²) in [6.07, 6.45) is 3.63. The van der Waals surface area contributed by atoms with E-state index < -0.39 is 0 Å². The van der Waals surface area contributed by atoms with Gasteiger partial charge in [0, 0.05) is 18.6 Å². The van der Waals surface area contributed by atoms with E-state index in [2.05, 4.69) is 18.8 Å². The zero-order chi connectivity index (χ0) is 9.84. The van der Waals surface area contributed by atoms with Crippen LogP contribution in [0, 0.1) is 0 Å². The first kappa shape index (κ1) is 10.3. The molecule has 1 rings (SSSR count). The van der Waals surface area contributed by atoms with Crippen molar-refractivity contribution in [2.75, 3.05) is 13.6 Å². The summed E-state index contributed by atoms with van der Waals surface area (Å²) < 4.78 is 0. The fourth-order valence-electron chi connectivity index (χ4n) is 1.96. The third kappa shape index (κ3) is 2.10. The first-order valence-electron chi connectivity index (χ1n) is 4.81. The predicted octanol–water partition coefficient (Wildman–Crippen LogP) is 0.771. The maximum Gasteiger partial charge on any atom is 0.246 e. The highest BCUT2D eigenvalue weighted by Crippen LogP contribution is 2.17. The number of piperidine rings is 1. The Kier molecular flexibility index (Phi) is 3.48. The number of nitrogens with one attached hydrogen (secondary N) is 1. The van der Waals surface area contributed by atoms with E-state index in [0.29, 0.717) is 6.04 Å². The van der Waals surface area contributed by atoms with Gasteiger partial charge in [-0.2, -0.15) is 0 Å². The summed E-state index contributed by atoms with van der Waals surface area (Å²) >= 11 is 0. The Bertz CT molecular complexity index is 203. The summed E-state index contributed by atoms with van der Waals surface area (Å²) in [5, 5.41) is 3.23. The molecule has 0 aromatic rings. The number of carbonyl (C=O) groups is 1. The van der Waals surface area contributed by atoms with Crippen LogP contribution < -0.4 is 5.32 Å². The van der Waals surface area contributed by atoms with E-state index >= 15 is 0 Å². The Morgan fingerprint density at radius 2 is 2.38 bits per heavy atom. The van der Waals surface area contributed by atoms with Crippen LogP contribution in [0.15, 0.2) is 12.7 Å². The second-order valence-corrected chi connectivity index (χ2v) is 3.51. The molecule has 1 heterocycles. The van der Waals surface area contributed by atoms with Crippen molar-refractivity contribution < 1.29 is 4.79 Å². The van der Waals surface area contributed by atoms with Gasteiger partial charge in [0.15, 0.2) is 0 Å². The van der Waals surface area contributed by atoms with Gasteiger partial charge in [-0.1, -0.05) is 6.58 Å². The molecular formula is C10H18N2O. The van der Waals surface area contributed by atoms with Gasteiger partial charge in [0.1, 0.15) is 0 Å². The largest absolute Gasteiger partial charge is 0.335 e. The van der Waals surface area contributed by atoms with E-state index in [9.17, 15) is 4.79 Å². The molecule has 3 nitrogen and oxygen atoms in total. The van der Waals surface area contributed by atoms with E-state index in [4.69, 9.17) is 0 Å². The van der Waals surface area contributed by atoms with Gasteiger partial charge in [0.25, 0.3) is 0 Å².